The van der Waals surface area contributed by atoms with Crippen molar-refractivity contribution in [1.29, 1.82) is 0 Å². The second-order valence-corrected chi connectivity index (χ2v) is 20.6. The van der Waals surface area contributed by atoms with Crippen molar-refractivity contribution in [2.75, 3.05) is 113 Å². The van der Waals surface area contributed by atoms with E-state index in [1.807, 2.05) is 0 Å². The van der Waals surface area contributed by atoms with Gasteiger partial charge in [-0.2, -0.15) is 0 Å². The molecule has 0 spiro atoms. The molecule has 9 nitrogen and oxygen atoms in total. The van der Waals surface area contributed by atoms with Crippen LogP contribution >= 0.6 is 0 Å². The molecule has 0 aliphatic carbocycles. The lowest BCUT2D eigenvalue weighted by Gasteiger charge is -2.20. The van der Waals surface area contributed by atoms with E-state index in [1.54, 1.807) is 7.11 Å². The molecule has 0 heterocycles. The number of hydrogen-bond donors (Lipinski definition) is 0. The first-order valence-corrected chi connectivity index (χ1v) is 29.8. The third-order valence-electron chi connectivity index (χ3n) is 14.8. The van der Waals surface area contributed by atoms with Crippen molar-refractivity contribution in [2.24, 2.45) is 0 Å². The van der Waals surface area contributed by atoms with E-state index in [9.17, 15) is 0 Å². The van der Waals surface area contributed by atoms with Gasteiger partial charge in [0.2, 0.25) is 0 Å². The van der Waals surface area contributed by atoms with Crippen LogP contribution in [0.25, 0.3) is 100 Å². The summed E-state index contributed by atoms with van der Waals surface area (Å²) in [6.45, 7) is 7.70. The van der Waals surface area contributed by atoms with Crippen LogP contribution in [0.4, 0.5) is 0 Å². The highest BCUT2D eigenvalue weighted by Crippen LogP contribution is 2.44. The van der Waals surface area contributed by atoms with Gasteiger partial charge in [0.1, 0.15) is 12.4 Å². The van der Waals surface area contributed by atoms with E-state index in [0.717, 1.165) is 66.9 Å². The Labute approximate surface area is 507 Å². The largest absolute Gasteiger partial charge is 0.490 e. The fraction of sp³-hybridized carbons (Fsp3) is 0.221. The van der Waals surface area contributed by atoms with Gasteiger partial charge < -0.3 is 42.6 Å². The van der Waals surface area contributed by atoms with Crippen LogP contribution in [0.15, 0.2) is 249 Å². The molecule has 0 unspecified atom stereocenters. The molecule has 10 rings (SSSR count). The monoisotopic (exact) mass is 1140 g/mol. The number of rotatable bonds is 34. The molecule has 10 aromatic rings. The Kier molecular flexibility index (Phi) is 23.6. The number of benzene rings is 10. The van der Waals surface area contributed by atoms with Crippen LogP contribution in [0.3, 0.4) is 0 Å². The van der Waals surface area contributed by atoms with Gasteiger partial charge >= 0.3 is 0 Å². The van der Waals surface area contributed by atoms with Crippen molar-refractivity contribution in [3.8, 4) is 106 Å². The first-order valence-electron chi connectivity index (χ1n) is 29.8. The van der Waals surface area contributed by atoms with Gasteiger partial charge in [-0.1, -0.05) is 237 Å². The maximum atomic E-state index is 6.96. The predicted octanol–water partition coefficient (Wildman–Crippen LogP) is 16.8. The summed E-state index contributed by atoms with van der Waals surface area (Å²) < 4.78 is 51.7. The maximum Gasteiger partial charge on any atom is 0.135 e. The highest BCUT2D eigenvalue weighted by atomic mass is 16.6. The van der Waals surface area contributed by atoms with Crippen LogP contribution in [0, 0.1) is 0 Å². The summed E-state index contributed by atoms with van der Waals surface area (Å²) in [4.78, 5) is 0. The average molecular weight is 1150 g/mol. The lowest BCUT2D eigenvalue weighted by Crippen LogP contribution is -2.15. The van der Waals surface area contributed by atoms with Crippen LogP contribution in [0.5, 0.6) is 5.75 Å². The lowest BCUT2D eigenvalue weighted by atomic mass is 9.90. The predicted molar refractivity (Wildman–Crippen MR) is 348 cm³/mol. The Morgan fingerprint density at radius 2 is 0.372 bits per heavy atom. The summed E-state index contributed by atoms with van der Waals surface area (Å²) >= 11 is 0. The first kappa shape index (κ1) is 60.8. The van der Waals surface area contributed by atoms with E-state index < -0.39 is 0 Å². The standard InChI is InChI=1S/C77H76O9/c1-78-41-42-79-43-44-80-45-46-81-47-48-82-49-50-83-51-52-84-53-54-85-55-56-86-77-75(72-37-33-69(34-38-72)66-25-19-63(20-26-66)60-13-7-3-8-14-60)57-74(71-31-29-68(30-32-71)65-23-17-62(18-24-65)59-11-5-2-6-12-59)58-76(77)73-39-35-70(36-40-73)67-27-21-64(22-28-67)61-15-9-4-10-16-61/h2-40,57-58H,41-56H2,1H3. The van der Waals surface area contributed by atoms with E-state index in [-0.39, 0.29) is 0 Å². The molecule has 0 radical (unpaired) electrons. The van der Waals surface area contributed by atoms with Gasteiger partial charge in [-0.05, 0) is 101 Å². The van der Waals surface area contributed by atoms with Gasteiger partial charge in [0.15, 0.2) is 0 Å². The minimum atomic E-state index is 0.335. The van der Waals surface area contributed by atoms with E-state index in [4.69, 9.17) is 42.6 Å². The molecule has 10 aromatic carbocycles. The SMILES string of the molecule is COCCOCCOCCOCCOCCOCCOCCOCCOc1c(-c2ccc(-c3ccc(-c4ccccc4)cc3)cc2)cc(-c2ccc(-c3ccc(-c4ccccc4)cc3)cc2)cc1-c1ccc(-c2ccc(-c3ccccc3)cc2)cc1. The van der Waals surface area contributed by atoms with Gasteiger partial charge in [0.05, 0.1) is 99.1 Å². The Morgan fingerprint density at radius 3 is 0.605 bits per heavy atom. The molecular formula is C77H76O9. The number of methoxy groups -OCH3 is 1. The maximum absolute atomic E-state index is 6.96. The third-order valence-corrected chi connectivity index (χ3v) is 14.8. The Morgan fingerprint density at radius 1 is 0.186 bits per heavy atom. The molecule has 9 heteroatoms. The first-order chi connectivity index (χ1) is 42.7. The number of hydrogen-bond acceptors (Lipinski definition) is 9. The summed E-state index contributed by atoms with van der Waals surface area (Å²) in [5.74, 6) is 0.790. The van der Waals surface area contributed by atoms with Gasteiger partial charge in [-0.15, -0.1) is 0 Å². The zero-order chi connectivity index (χ0) is 58.6. The summed E-state index contributed by atoms with van der Waals surface area (Å²) in [5.41, 5.74) is 20.3. The van der Waals surface area contributed by atoms with E-state index in [0.29, 0.717) is 106 Å². The number of ether oxygens (including phenoxy) is 9. The molecule has 0 aliphatic heterocycles. The Hall–Kier alpha value is -8.32. The molecule has 0 saturated heterocycles. The van der Waals surface area contributed by atoms with Crippen molar-refractivity contribution >= 4 is 0 Å². The topological polar surface area (TPSA) is 83.1 Å². The van der Waals surface area contributed by atoms with E-state index in [1.165, 1.54) is 38.9 Å². The van der Waals surface area contributed by atoms with E-state index >= 15 is 0 Å². The van der Waals surface area contributed by atoms with E-state index in [2.05, 4.69) is 249 Å². The third kappa shape index (κ3) is 17.9. The minimum absolute atomic E-state index is 0.335. The lowest BCUT2D eigenvalue weighted by molar-refractivity contribution is -0.0227. The average Bonchev–Trinajstić information content (AvgIpc) is 3.38. The molecule has 0 fully saturated rings. The Bertz CT molecular complexity index is 3370. The van der Waals surface area contributed by atoms with Gasteiger partial charge in [0.25, 0.3) is 0 Å². The molecular weight excluding hydrogens is 1070 g/mol. The second kappa shape index (κ2) is 33.4. The van der Waals surface area contributed by atoms with Crippen LogP contribution in [0.2, 0.25) is 0 Å². The van der Waals surface area contributed by atoms with Gasteiger partial charge in [-0.3, -0.25) is 0 Å². The second-order valence-electron chi connectivity index (χ2n) is 20.6. The molecule has 0 bridgehead atoms. The Balaban J connectivity index is 0.826. The highest BCUT2D eigenvalue weighted by molar-refractivity contribution is 5.90. The summed E-state index contributed by atoms with van der Waals surface area (Å²) in [6.07, 6.45) is 0. The minimum Gasteiger partial charge on any atom is -0.490 e. The summed E-state index contributed by atoms with van der Waals surface area (Å²) in [6, 6.07) is 89.0. The van der Waals surface area contributed by atoms with Gasteiger partial charge in [0, 0.05) is 18.2 Å². The molecule has 438 valence electrons. The van der Waals surface area contributed by atoms with Gasteiger partial charge in [-0.25, -0.2) is 0 Å². The fourth-order valence-corrected chi connectivity index (χ4v) is 10.1. The normalized spacial score (nSPS) is 11.3. The molecule has 0 saturated carbocycles. The van der Waals surface area contributed by atoms with Crippen LogP contribution < -0.4 is 4.74 Å². The molecule has 0 amide bonds. The van der Waals surface area contributed by atoms with Crippen LogP contribution in [-0.2, 0) is 37.9 Å². The quantitative estimate of drug-likeness (QED) is 0.0366. The smallest absolute Gasteiger partial charge is 0.135 e. The molecule has 0 N–H and O–H groups in total. The van der Waals surface area contributed by atoms with Crippen molar-refractivity contribution in [3.63, 3.8) is 0 Å². The zero-order valence-corrected chi connectivity index (χ0v) is 49.2. The fourth-order valence-electron chi connectivity index (χ4n) is 10.1. The van der Waals surface area contributed by atoms with Crippen LogP contribution in [0.1, 0.15) is 0 Å². The van der Waals surface area contributed by atoms with Crippen LogP contribution in [-0.4, -0.2) is 113 Å². The summed E-state index contributed by atoms with van der Waals surface area (Å²) in [5, 5.41) is 0. The van der Waals surface area contributed by atoms with Crippen molar-refractivity contribution < 1.29 is 42.6 Å². The zero-order valence-electron chi connectivity index (χ0n) is 49.2. The molecule has 86 heavy (non-hydrogen) atoms. The van der Waals surface area contributed by atoms with Crippen molar-refractivity contribution in [1.82, 2.24) is 0 Å². The molecule has 0 aliphatic rings. The molecule has 0 atom stereocenters. The molecule has 0 aromatic heterocycles. The highest BCUT2D eigenvalue weighted by Gasteiger charge is 2.19. The van der Waals surface area contributed by atoms with Crippen molar-refractivity contribution in [2.45, 2.75) is 0 Å². The van der Waals surface area contributed by atoms with Crippen molar-refractivity contribution in [3.05, 3.63) is 249 Å². The summed E-state index contributed by atoms with van der Waals surface area (Å²) in [7, 11) is 1.65.